The van der Waals surface area contributed by atoms with Crippen molar-refractivity contribution in [2.45, 2.75) is 56.6 Å². The molecule has 2 aliphatic rings. The van der Waals surface area contributed by atoms with E-state index in [1.807, 2.05) is 7.11 Å². The zero-order chi connectivity index (χ0) is 11.4. The van der Waals surface area contributed by atoms with Gasteiger partial charge >= 0.3 is 0 Å². The number of rotatable bonds is 6. The molecular weight excluding hydrogens is 200 g/mol. The Hall–Kier alpha value is -0.120. The summed E-state index contributed by atoms with van der Waals surface area (Å²) in [5.41, 5.74) is 6.17. The SMILES string of the molecule is COC1CCC(CN)(NCCC2CC2)CC1. The fraction of sp³-hybridized carbons (Fsp3) is 1.00. The average Bonchev–Trinajstić information content (AvgIpc) is 3.14. The third-order valence-electron chi connectivity index (χ3n) is 4.36. The molecule has 0 spiro atoms. The van der Waals surface area contributed by atoms with Crippen LogP contribution in [0.25, 0.3) is 0 Å². The van der Waals surface area contributed by atoms with Crippen LogP contribution in [0.4, 0.5) is 0 Å². The normalized spacial score (nSPS) is 35.2. The highest BCUT2D eigenvalue weighted by Gasteiger charge is 2.34. The van der Waals surface area contributed by atoms with E-state index in [0.29, 0.717) is 6.10 Å². The first-order chi connectivity index (χ1) is 7.78. The fourth-order valence-corrected chi connectivity index (χ4v) is 2.78. The summed E-state index contributed by atoms with van der Waals surface area (Å²) >= 11 is 0. The highest BCUT2D eigenvalue weighted by molar-refractivity contribution is 4.94. The van der Waals surface area contributed by atoms with E-state index in [9.17, 15) is 0 Å². The molecule has 3 N–H and O–H groups in total. The number of hydrogen-bond donors (Lipinski definition) is 2. The Morgan fingerprint density at radius 2 is 1.94 bits per heavy atom. The summed E-state index contributed by atoms with van der Waals surface area (Å²) < 4.78 is 5.41. The predicted molar refractivity (Wildman–Crippen MR) is 66.4 cm³/mol. The van der Waals surface area contributed by atoms with Crippen molar-refractivity contribution in [1.82, 2.24) is 5.32 Å². The van der Waals surface area contributed by atoms with Gasteiger partial charge in [0.25, 0.3) is 0 Å². The van der Waals surface area contributed by atoms with Crippen LogP contribution in [0.5, 0.6) is 0 Å². The zero-order valence-electron chi connectivity index (χ0n) is 10.5. The summed E-state index contributed by atoms with van der Waals surface area (Å²) in [6.45, 7) is 1.92. The van der Waals surface area contributed by atoms with Gasteiger partial charge in [-0.05, 0) is 44.6 Å². The van der Waals surface area contributed by atoms with Crippen LogP contribution in [-0.2, 0) is 4.74 Å². The van der Waals surface area contributed by atoms with E-state index in [-0.39, 0.29) is 5.54 Å². The van der Waals surface area contributed by atoms with Crippen LogP contribution in [0.2, 0.25) is 0 Å². The smallest absolute Gasteiger partial charge is 0.0572 e. The first kappa shape index (κ1) is 12.3. The van der Waals surface area contributed by atoms with Crippen LogP contribution in [0.1, 0.15) is 44.9 Å². The molecule has 16 heavy (non-hydrogen) atoms. The minimum atomic E-state index is 0.212. The number of nitrogens with one attached hydrogen (secondary N) is 1. The quantitative estimate of drug-likeness (QED) is 0.724. The third-order valence-corrected chi connectivity index (χ3v) is 4.36. The predicted octanol–water partition coefficient (Wildman–Crippen LogP) is 1.66. The van der Waals surface area contributed by atoms with Crippen LogP contribution in [0.3, 0.4) is 0 Å². The van der Waals surface area contributed by atoms with Gasteiger partial charge in [-0.2, -0.15) is 0 Å². The number of methoxy groups -OCH3 is 1. The molecule has 0 aromatic heterocycles. The van der Waals surface area contributed by atoms with Gasteiger partial charge in [-0.15, -0.1) is 0 Å². The molecule has 2 rings (SSSR count). The molecule has 0 unspecified atom stereocenters. The van der Waals surface area contributed by atoms with Gasteiger partial charge in [0.05, 0.1) is 6.10 Å². The van der Waals surface area contributed by atoms with E-state index in [4.69, 9.17) is 10.5 Å². The summed E-state index contributed by atoms with van der Waals surface area (Å²) in [5, 5.41) is 3.72. The van der Waals surface area contributed by atoms with Crippen molar-refractivity contribution in [3.8, 4) is 0 Å². The Morgan fingerprint density at radius 1 is 1.25 bits per heavy atom. The third kappa shape index (κ3) is 3.19. The molecule has 0 aliphatic heterocycles. The van der Waals surface area contributed by atoms with Crippen molar-refractivity contribution in [2.24, 2.45) is 11.7 Å². The zero-order valence-corrected chi connectivity index (χ0v) is 10.5. The average molecular weight is 226 g/mol. The number of ether oxygens (including phenoxy) is 1. The first-order valence-corrected chi connectivity index (χ1v) is 6.76. The highest BCUT2D eigenvalue weighted by atomic mass is 16.5. The molecule has 0 heterocycles. The lowest BCUT2D eigenvalue weighted by atomic mass is 9.80. The minimum absolute atomic E-state index is 0.212. The lowest BCUT2D eigenvalue weighted by molar-refractivity contribution is 0.0431. The van der Waals surface area contributed by atoms with Gasteiger partial charge in [-0.25, -0.2) is 0 Å². The molecule has 3 nitrogen and oxygen atoms in total. The molecule has 0 saturated heterocycles. The van der Waals surface area contributed by atoms with Crippen molar-refractivity contribution in [1.29, 1.82) is 0 Å². The Labute approximate surface area is 99.1 Å². The largest absolute Gasteiger partial charge is 0.381 e. The summed E-state index contributed by atoms with van der Waals surface area (Å²) in [4.78, 5) is 0. The molecule has 0 aromatic carbocycles. The van der Waals surface area contributed by atoms with Gasteiger partial charge in [0, 0.05) is 19.2 Å². The maximum atomic E-state index is 5.95. The molecule has 0 aromatic rings. The maximum Gasteiger partial charge on any atom is 0.0572 e. The molecule has 0 radical (unpaired) electrons. The fourth-order valence-electron chi connectivity index (χ4n) is 2.78. The van der Waals surface area contributed by atoms with Gasteiger partial charge in [-0.3, -0.25) is 0 Å². The maximum absolute atomic E-state index is 5.95. The number of nitrogens with two attached hydrogens (primary N) is 1. The summed E-state index contributed by atoms with van der Waals surface area (Å²) in [5.74, 6) is 1.01. The molecule has 2 aliphatic carbocycles. The van der Waals surface area contributed by atoms with E-state index < -0.39 is 0 Å². The highest BCUT2D eigenvalue weighted by Crippen LogP contribution is 2.33. The Bertz CT molecular complexity index is 208. The van der Waals surface area contributed by atoms with E-state index in [2.05, 4.69) is 5.32 Å². The van der Waals surface area contributed by atoms with Gasteiger partial charge in [-0.1, -0.05) is 12.8 Å². The Morgan fingerprint density at radius 3 is 2.44 bits per heavy atom. The van der Waals surface area contributed by atoms with Crippen LogP contribution in [0, 0.1) is 5.92 Å². The monoisotopic (exact) mass is 226 g/mol. The molecule has 94 valence electrons. The molecule has 3 heteroatoms. The number of hydrogen-bond acceptors (Lipinski definition) is 3. The second-order valence-electron chi connectivity index (χ2n) is 5.58. The van der Waals surface area contributed by atoms with Crippen LogP contribution >= 0.6 is 0 Å². The lowest BCUT2D eigenvalue weighted by Crippen LogP contribution is -2.54. The topological polar surface area (TPSA) is 47.3 Å². The van der Waals surface area contributed by atoms with Gasteiger partial charge in [0.15, 0.2) is 0 Å². The van der Waals surface area contributed by atoms with Gasteiger partial charge in [0.2, 0.25) is 0 Å². The van der Waals surface area contributed by atoms with Gasteiger partial charge < -0.3 is 15.8 Å². The second-order valence-corrected chi connectivity index (χ2v) is 5.58. The van der Waals surface area contributed by atoms with Crippen molar-refractivity contribution < 1.29 is 4.74 Å². The summed E-state index contributed by atoms with van der Waals surface area (Å²) in [6, 6.07) is 0. The molecule has 2 fully saturated rings. The van der Waals surface area contributed by atoms with Crippen molar-refractivity contribution >= 4 is 0 Å². The summed E-state index contributed by atoms with van der Waals surface area (Å²) in [7, 11) is 1.82. The van der Waals surface area contributed by atoms with Crippen molar-refractivity contribution in [3.05, 3.63) is 0 Å². The Balaban J connectivity index is 1.73. The lowest BCUT2D eigenvalue weighted by Gasteiger charge is -2.40. The summed E-state index contributed by atoms with van der Waals surface area (Å²) in [6.07, 6.45) is 9.36. The molecule has 0 bridgehead atoms. The standard InChI is InChI=1S/C13H26N2O/c1-16-12-4-7-13(10-14,8-5-12)15-9-6-11-2-3-11/h11-12,15H,2-10,14H2,1H3. The van der Waals surface area contributed by atoms with Crippen molar-refractivity contribution in [3.63, 3.8) is 0 Å². The van der Waals surface area contributed by atoms with Crippen molar-refractivity contribution in [2.75, 3.05) is 20.2 Å². The van der Waals surface area contributed by atoms with Gasteiger partial charge in [0.1, 0.15) is 0 Å². The van der Waals surface area contributed by atoms with E-state index in [0.717, 1.165) is 31.8 Å². The Kier molecular flexibility index (Phi) is 4.22. The van der Waals surface area contributed by atoms with E-state index >= 15 is 0 Å². The van der Waals surface area contributed by atoms with E-state index in [1.54, 1.807) is 0 Å². The van der Waals surface area contributed by atoms with Crippen LogP contribution < -0.4 is 11.1 Å². The van der Waals surface area contributed by atoms with E-state index in [1.165, 1.54) is 32.1 Å². The second kappa shape index (κ2) is 5.48. The molecule has 0 amide bonds. The molecule has 2 saturated carbocycles. The van der Waals surface area contributed by atoms with Crippen LogP contribution in [-0.4, -0.2) is 31.8 Å². The minimum Gasteiger partial charge on any atom is -0.381 e. The first-order valence-electron chi connectivity index (χ1n) is 6.76. The molecular formula is C13H26N2O. The molecule has 0 atom stereocenters. The van der Waals surface area contributed by atoms with Crippen LogP contribution in [0.15, 0.2) is 0 Å².